The molecule has 118 valence electrons. The lowest BCUT2D eigenvalue weighted by atomic mass is 9.81. The highest BCUT2D eigenvalue weighted by atomic mass is 32.2. The van der Waals surface area contributed by atoms with Gasteiger partial charge in [-0.3, -0.25) is 4.79 Å². The molecule has 0 saturated carbocycles. The quantitative estimate of drug-likeness (QED) is 0.643. The molecular formula is C18H19N3OS. The maximum absolute atomic E-state index is 12.5. The van der Waals surface area contributed by atoms with Crippen molar-refractivity contribution < 1.29 is 4.79 Å². The number of fused-ring (bicyclic) bond motifs is 2. The minimum atomic E-state index is 0.195. The van der Waals surface area contributed by atoms with E-state index >= 15 is 0 Å². The summed E-state index contributed by atoms with van der Waals surface area (Å²) in [5.74, 6) is 0.616. The van der Waals surface area contributed by atoms with Crippen molar-refractivity contribution in [3.8, 4) is 0 Å². The van der Waals surface area contributed by atoms with Gasteiger partial charge in [-0.05, 0) is 36.5 Å². The van der Waals surface area contributed by atoms with Gasteiger partial charge in [-0.2, -0.15) is 0 Å². The smallest absolute Gasteiger partial charge is 0.233 e. The first-order valence-electron chi connectivity index (χ1n) is 8.03. The Morgan fingerprint density at radius 2 is 2.00 bits per heavy atom. The highest BCUT2D eigenvalue weighted by Crippen LogP contribution is 2.45. The Morgan fingerprint density at radius 1 is 1.17 bits per heavy atom. The van der Waals surface area contributed by atoms with Gasteiger partial charge in [0.15, 0.2) is 5.16 Å². The molecule has 0 bridgehead atoms. The van der Waals surface area contributed by atoms with Gasteiger partial charge >= 0.3 is 0 Å². The molecule has 1 atom stereocenters. The molecule has 4 rings (SSSR count). The van der Waals surface area contributed by atoms with E-state index in [9.17, 15) is 4.79 Å². The Labute approximate surface area is 140 Å². The molecule has 1 aliphatic heterocycles. The highest BCUT2D eigenvalue weighted by molar-refractivity contribution is 7.99. The summed E-state index contributed by atoms with van der Waals surface area (Å²) in [5.41, 5.74) is 3.13. The number of likely N-dealkylation sites (tertiary alicyclic amines) is 1. The number of amides is 1. The maximum atomic E-state index is 12.5. The van der Waals surface area contributed by atoms with Crippen LogP contribution in [0.5, 0.6) is 0 Å². The van der Waals surface area contributed by atoms with Gasteiger partial charge in [-0.1, -0.05) is 36.0 Å². The van der Waals surface area contributed by atoms with Gasteiger partial charge in [0, 0.05) is 30.9 Å². The molecule has 0 N–H and O–H groups in total. The van der Waals surface area contributed by atoms with Crippen molar-refractivity contribution in [1.82, 2.24) is 14.9 Å². The van der Waals surface area contributed by atoms with E-state index in [2.05, 4.69) is 34.2 Å². The van der Waals surface area contributed by atoms with Crippen LogP contribution in [0, 0.1) is 0 Å². The van der Waals surface area contributed by atoms with Gasteiger partial charge in [0.1, 0.15) is 0 Å². The number of aromatic nitrogens is 2. The lowest BCUT2D eigenvalue weighted by Gasteiger charge is -2.25. The second-order valence-corrected chi connectivity index (χ2v) is 7.27. The van der Waals surface area contributed by atoms with E-state index in [4.69, 9.17) is 0 Å². The van der Waals surface area contributed by atoms with Crippen molar-refractivity contribution in [3.05, 3.63) is 53.9 Å². The standard InChI is InChI=1S/C18H19N3OS/c22-16(12-23-17-19-9-3-10-20-17)21-11-8-18(13-21)7-6-14-4-1-2-5-15(14)18/h1-5,9-10H,6-8,11-13H2. The van der Waals surface area contributed by atoms with Crippen LogP contribution in [-0.4, -0.2) is 39.6 Å². The molecule has 1 fully saturated rings. The fraction of sp³-hybridized carbons (Fsp3) is 0.389. The van der Waals surface area contributed by atoms with E-state index in [-0.39, 0.29) is 11.3 Å². The fourth-order valence-electron chi connectivity index (χ4n) is 3.85. The maximum Gasteiger partial charge on any atom is 0.233 e. The summed E-state index contributed by atoms with van der Waals surface area (Å²) in [7, 11) is 0. The van der Waals surface area contributed by atoms with Crippen LogP contribution in [0.1, 0.15) is 24.0 Å². The number of carbonyl (C=O) groups excluding carboxylic acids is 1. The minimum absolute atomic E-state index is 0.195. The van der Waals surface area contributed by atoms with E-state index in [1.165, 1.54) is 29.3 Å². The molecular weight excluding hydrogens is 306 g/mol. The minimum Gasteiger partial charge on any atom is -0.341 e. The molecule has 1 aromatic heterocycles. The second kappa shape index (κ2) is 5.96. The zero-order valence-corrected chi connectivity index (χ0v) is 13.8. The van der Waals surface area contributed by atoms with E-state index in [0.717, 1.165) is 25.9 Å². The highest BCUT2D eigenvalue weighted by Gasteiger charge is 2.44. The molecule has 5 heteroatoms. The second-order valence-electron chi connectivity index (χ2n) is 6.32. The van der Waals surface area contributed by atoms with Gasteiger partial charge in [-0.25, -0.2) is 9.97 Å². The summed E-state index contributed by atoms with van der Waals surface area (Å²) in [5, 5.41) is 0.668. The summed E-state index contributed by atoms with van der Waals surface area (Å²) in [6, 6.07) is 10.5. The number of hydrogen-bond donors (Lipinski definition) is 0. The molecule has 1 saturated heterocycles. The Bertz CT molecular complexity index is 721. The van der Waals surface area contributed by atoms with Gasteiger partial charge in [0.2, 0.25) is 5.91 Å². The zero-order valence-electron chi connectivity index (χ0n) is 12.9. The monoisotopic (exact) mass is 325 g/mol. The predicted octanol–water partition coefficient (Wildman–Crippen LogP) is 2.69. The Hall–Kier alpha value is -1.88. The van der Waals surface area contributed by atoms with Gasteiger partial charge in [-0.15, -0.1) is 0 Å². The van der Waals surface area contributed by atoms with Crippen LogP contribution in [0.2, 0.25) is 0 Å². The molecule has 1 aromatic carbocycles. The number of rotatable bonds is 3. The van der Waals surface area contributed by atoms with Crippen LogP contribution in [0.25, 0.3) is 0 Å². The molecule has 23 heavy (non-hydrogen) atoms. The third-order valence-electron chi connectivity index (χ3n) is 5.03. The lowest BCUT2D eigenvalue weighted by Crippen LogP contribution is -2.34. The van der Waals surface area contributed by atoms with E-state index in [1.54, 1.807) is 18.5 Å². The van der Waals surface area contributed by atoms with Crippen LogP contribution in [0.15, 0.2) is 47.9 Å². The van der Waals surface area contributed by atoms with Crippen LogP contribution < -0.4 is 0 Å². The molecule has 2 heterocycles. The number of benzene rings is 1. The van der Waals surface area contributed by atoms with E-state index < -0.39 is 0 Å². The fourth-order valence-corrected chi connectivity index (χ4v) is 4.56. The molecule has 2 aliphatic rings. The van der Waals surface area contributed by atoms with Crippen LogP contribution in [0.3, 0.4) is 0 Å². The number of carbonyl (C=O) groups is 1. The average molecular weight is 325 g/mol. The lowest BCUT2D eigenvalue weighted by molar-refractivity contribution is -0.127. The van der Waals surface area contributed by atoms with Crippen molar-refractivity contribution in [2.45, 2.75) is 29.8 Å². The summed E-state index contributed by atoms with van der Waals surface area (Å²) < 4.78 is 0. The predicted molar refractivity (Wildman–Crippen MR) is 90.4 cm³/mol. The SMILES string of the molecule is O=C(CSc1ncccn1)N1CCC2(CCc3ccccc32)C1. The van der Waals surface area contributed by atoms with Crippen LogP contribution in [-0.2, 0) is 16.6 Å². The molecule has 4 nitrogen and oxygen atoms in total. The molecule has 1 amide bonds. The van der Waals surface area contributed by atoms with E-state index in [0.29, 0.717) is 10.9 Å². The first-order chi connectivity index (χ1) is 11.3. The topological polar surface area (TPSA) is 46.1 Å². The van der Waals surface area contributed by atoms with Crippen molar-refractivity contribution in [2.75, 3.05) is 18.8 Å². The summed E-state index contributed by atoms with van der Waals surface area (Å²) in [4.78, 5) is 22.9. The number of hydrogen-bond acceptors (Lipinski definition) is 4. The molecule has 2 aromatic rings. The van der Waals surface area contributed by atoms with Crippen molar-refractivity contribution >= 4 is 17.7 Å². The molecule has 1 unspecified atom stereocenters. The molecule has 0 radical (unpaired) electrons. The Balaban J connectivity index is 1.42. The Kier molecular flexibility index (Phi) is 3.81. The normalized spacial score (nSPS) is 22.5. The number of thioether (sulfide) groups is 1. The first kappa shape index (κ1) is 14.7. The van der Waals surface area contributed by atoms with Gasteiger partial charge in [0.05, 0.1) is 5.75 Å². The summed E-state index contributed by atoms with van der Waals surface area (Å²) in [6.07, 6.45) is 6.82. The van der Waals surface area contributed by atoms with Gasteiger partial charge in [0.25, 0.3) is 0 Å². The third kappa shape index (κ3) is 2.74. The summed E-state index contributed by atoms with van der Waals surface area (Å²) in [6.45, 7) is 1.72. The van der Waals surface area contributed by atoms with E-state index in [1.807, 2.05) is 4.90 Å². The van der Waals surface area contributed by atoms with Crippen molar-refractivity contribution in [3.63, 3.8) is 0 Å². The molecule has 1 spiro atoms. The summed E-state index contributed by atoms with van der Waals surface area (Å²) >= 11 is 1.42. The Morgan fingerprint density at radius 3 is 2.87 bits per heavy atom. The third-order valence-corrected chi connectivity index (χ3v) is 5.90. The zero-order chi connectivity index (χ0) is 15.7. The largest absolute Gasteiger partial charge is 0.341 e. The van der Waals surface area contributed by atoms with Crippen molar-refractivity contribution in [1.29, 1.82) is 0 Å². The first-order valence-corrected chi connectivity index (χ1v) is 9.01. The van der Waals surface area contributed by atoms with Crippen LogP contribution in [0.4, 0.5) is 0 Å². The number of aryl methyl sites for hydroxylation is 1. The number of nitrogens with zero attached hydrogens (tertiary/aromatic N) is 3. The van der Waals surface area contributed by atoms with Crippen LogP contribution >= 0.6 is 11.8 Å². The van der Waals surface area contributed by atoms with Gasteiger partial charge < -0.3 is 4.90 Å². The van der Waals surface area contributed by atoms with Crippen molar-refractivity contribution in [2.24, 2.45) is 0 Å². The average Bonchev–Trinajstić information content (AvgIpc) is 3.20. The molecule has 1 aliphatic carbocycles.